The number of nitrogens with one attached hydrogen (secondary N) is 1. The topological polar surface area (TPSA) is 41.6 Å². The fraction of sp³-hybridized carbons (Fsp3) is 0.350. The summed E-state index contributed by atoms with van der Waals surface area (Å²) >= 11 is 0. The number of amides is 1. The number of ether oxygens (including phenoxy) is 1. The highest BCUT2D eigenvalue weighted by molar-refractivity contribution is 5.94. The van der Waals surface area contributed by atoms with Crippen LogP contribution in [0, 0.1) is 18.6 Å². The SMILES string of the molecule is Cc1ccc(OC(C)C(=O)Nc2cc(F)c(N3CCCC3)c(F)c2)cc1. The summed E-state index contributed by atoms with van der Waals surface area (Å²) in [4.78, 5) is 13.9. The third-order valence-electron chi connectivity index (χ3n) is 4.41. The average Bonchev–Trinajstić information content (AvgIpc) is 3.10. The van der Waals surface area contributed by atoms with Crippen LogP contribution in [0.5, 0.6) is 5.75 Å². The number of halogens is 2. The van der Waals surface area contributed by atoms with Crippen LogP contribution in [0.15, 0.2) is 36.4 Å². The molecule has 1 saturated heterocycles. The Labute approximate surface area is 151 Å². The first-order valence-corrected chi connectivity index (χ1v) is 8.72. The zero-order valence-corrected chi connectivity index (χ0v) is 14.9. The molecule has 1 unspecified atom stereocenters. The van der Waals surface area contributed by atoms with Crippen LogP contribution in [-0.2, 0) is 4.79 Å². The predicted octanol–water partition coefficient (Wildman–Crippen LogP) is 4.28. The smallest absolute Gasteiger partial charge is 0.265 e. The number of aryl methyl sites for hydroxylation is 1. The number of carbonyl (C=O) groups is 1. The van der Waals surface area contributed by atoms with Gasteiger partial charge in [-0.1, -0.05) is 17.7 Å². The molecule has 1 fully saturated rings. The van der Waals surface area contributed by atoms with Crippen molar-refractivity contribution in [2.75, 3.05) is 23.3 Å². The van der Waals surface area contributed by atoms with Crippen LogP contribution in [0.1, 0.15) is 25.3 Å². The second-order valence-corrected chi connectivity index (χ2v) is 6.55. The second kappa shape index (κ2) is 7.72. The van der Waals surface area contributed by atoms with Crippen LogP contribution in [0.2, 0.25) is 0 Å². The fourth-order valence-electron chi connectivity index (χ4n) is 3.00. The van der Waals surface area contributed by atoms with Crippen molar-refractivity contribution in [3.05, 3.63) is 53.6 Å². The van der Waals surface area contributed by atoms with Crippen molar-refractivity contribution in [1.29, 1.82) is 0 Å². The van der Waals surface area contributed by atoms with E-state index in [4.69, 9.17) is 4.74 Å². The van der Waals surface area contributed by atoms with E-state index in [9.17, 15) is 13.6 Å². The van der Waals surface area contributed by atoms with Gasteiger partial charge in [-0.3, -0.25) is 4.79 Å². The maximum absolute atomic E-state index is 14.3. The monoisotopic (exact) mass is 360 g/mol. The first-order valence-electron chi connectivity index (χ1n) is 8.72. The average molecular weight is 360 g/mol. The summed E-state index contributed by atoms with van der Waals surface area (Å²) in [5.41, 5.74) is 1.13. The third-order valence-corrected chi connectivity index (χ3v) is 4.41. The van der Waals surface area contributed by atoms with Gasteiger partial charge in [0.25, 0.3) is 5.91 Å². The molecule has 2 aromatic carbocycles. The summed E-state index contributed by atoms with van der Waals surface area (Å²) < 4.78 is 34.2. The molecule has 3 rings (SSSR count). The minimum Gasteiger partial charge on any atom is -0.481 e. The lowest BCUT2D eigenvalue weighted by Gasteiger charge is -2.20. The number of hydrogen-bond acceptors (Lipinski definition) is 3. The summed E-state index contributed by atoms with van der Waals surface area (Å²) in [6, 6.07) is 9.58. The van der Waals surface area contributed by atoms with Crippen molar-refractivity contribution in [2.24, 2.45) is 0 Å². The lowest BCUT2D eigenvalue weighted by Crippen LogP contribution is -2.30. The highest BCUT2D eigenvalue weighted by atomic mass is 19.1. The van der Waals surface area contributed by atoms with Gasteiger partial charge in [0.05, 0.1) is 0 Å². The first kappa shape index (κ1) is 18.2. The molecule has 1 aliphatic heterocycles. The van der Waals surface area contributed by atoms with E-state index in [0.717, 1.165) is 30.5 Å². The number of benzene rings is 2. The largest absolute Gasteiger partial charge is 0.481 e. The molecule has 6 heteroatoms. The standard InChI is InChI=1S/C20H22F2N2O2/c1-13-5-7-16(8-6-13)26-14(2)20(25)23-15-11-17(21)19(18(22)12-15)24-9-3-4-10-24/h5-8,11-12,14H,3-4,9-10H2,1-2H3,(H,23,25). The lowest BCUT2D eigenvalue weighted by molar-refractivity contribution is -0.122. The molecule has 0 radical (unpaired) electrons. The number of nitrogens with zero attached hydrogens (tertiary/aromatic N) is 1. The molecule has 0 aromatic heterocycles. The molecule has 1 amide bonds. The minimum atomic E-state index is -0.804. The van der Waals surface area contributed by atoms with Crippen molar-refractivity contribution in [3.63, 3.8) is 0 Å². The van der Waals surface area contributed by atoms with Gasteiger partial charge in [0.15, 0.2) is 17.7 Å². The Morgan fingerprint density at radius 2 is 1.69 bits per heavy atom. The van der Waals surface area contributed by atoms with E-state index >= 15 is 0 Å². The maximum atomic E-state index is 14.3. The zero-order chi connectivity index (χ0) is 18.7. The van der Waals surface area contributed by atoms with Gasteiger partial charge in [-0.25, -0.2) is 8.78 Å². The summed E-state index contributed by atoms with van der Waals surface area (Å²) in [7, 11) is 0. The van der Waals surface area contributed by atoms with Gasteiger partial charge >= 0.3 is 0 Å². The Bertz CT molecular complexity index is 764. The number of rotatable bonds is 5. The highest BCUT2D eigenvalue weighted by Crippen LogP contribution is 2.29. The van der Waals surface area contributed by atoms with E-state index in [0.29, 0.717) is 18.8 Å². The van der Waals surface area contributed by atoms with Crippen LogP contribution < -0.4 is 15.0 Å². The minimum absolute atomic E-state index is 0.0237. The Kier molecular flexibility index (Phi) is 5.40. The van der Waals surface area contributed by atoms with Crippen molar-refractivity contribution in [2.45, 2.75) is 32.8 Å². The lowest BCUT2D eigenvalue weighted by atomic mass is 10.2. The van der Waals surface area contributed by atoms with Gasteiger partial charge in [0.2, 0.25) is 0 Å². The molecule has 4 nitrogen and oxygen atoms in total. The van der Waals surface area contributed by atoms with Gasteiger partial charge in [0, 0.05) is 18.8 Å². The van der Waals surface area contributed by atoms with E-state index in [1.54, 1.807) is 24.0 Å². The van der Waals surface area contributed by atoms with E-state index in [1.807, 2.05) is 19.1 Å². The molecule has 0 spiro atoms. The molecular formula is C20H22F2N2O2. The number of carbonyl (C=O) groups excluding carboxylic acids is 1. The van der Waals surface area contributed by atoms with E-state index < -0.39 is 23.6 Å². The van der Waals surface area contributed by atoms with Gasteiger partial charge in [-0.05, 0) is 51.0 Å². The normalized spacial score (nSPS) is 15.0. The molecular weight excluding hydrogens is 338 g/mol. The van der Waals surface area contributed by atoms with E-state index in [-0.39, 0.29) is 11.4 Å². The number of anilines is 2. The predicted molar refractivity (Wildman–Crippen MR) is 97.7 cm³/mol. The molecule has 138 valence electrons. The van der Waals surface area contributed by atoms with Gasteiger partial charge in [0.1, 0.15) is 11.4 Å². The molecule has 1 N–H and O–H groups in total. The fourth-order valence-corrected chi connectivity index (χ4v) is 3.00. The molecule has 1 aliphatic rings. The molecule has 1 heterocycles. The summed E-state index contributed by atoms with van der Waals surface area (Å²) in [6.45, 7) is 4.82. The van der Waals surface area contributed by atoms with Crippen LogP contribution >= 0.6 is 0 Å². The van der Waals surface area contributed by atoms with Gasteiger partial charge in [-0.2, -0.15) is 0 Å². The molecule has 0 aliphatic carbocycles. The Hall–Kier alpha value is -2.63. The summed E-state index contributed by atoms with van der Waals surface area (Å²) in [5, 5.41) is 2.51. The van der Waals surface area contributed by atoms with E-state index in [2.05, 4.69) is 5.32 Å². The Balaban J connectivity index is 1.67. The van der Waals surface area contributed by atoms with Gasteiger partial charge in [-0.15, -0.1) is 0 Å². The molecule has 26 heavy (non-hydrogen) atoms. The third kappa shape index (κ3) is 4.12. The van der Waals surface area contributed by atoms with Crippen LogP contribution in [0.25, 0.3) is 0 Å². The van der Waals surface area contributed by atoms with E-state index in [1.165, 1.54) is 0 Å². The quantitative estimate of drug-likeness (QED) is 0.865. The highest BCUT2D eigenvalue weighted by Gasteiger charge is 2.22. The van der Waals surface area contributed by atoms with Gasteiger partial charge < -0.3 is 15.0 Å². The molecule has 0 saturated carbocycles. The second-order valence-electron chi connectivity index (χ2n) is 6.55. The summed E-state index contributed by atoms with van der Waals surface area (Å²) in [5.74, 6) is -1.26. The molecule has 2 aromatic rings. The van der Waals surface area contributed by atoms with Crippen molar-refractivity contribution in [1.82, 2.24) is 0 Å². The van der Waals surface area contributed by atoms with Crippen molar-refractivity contribution >= 4 is 17.3 Å². The van der Waals surface area contributed by atoms with Crippen molar-refractivity contribution in [3.8, 4) is 5.75 Å². The van der Waals surface area contributed by atoms with Crippen LogP contribution in [-0.4, -0.2) is 25.1 Å². The summed E-state index contributed by atoms with van der Waals surface area (Å²) in [6.07, 6.45) is 1.04. The van der Waals surface area contributed by atoms with Crippen molar-refractivity contribution < 1.29 is 18.3 Å². The molecule has 0 bridgehead atoms. The molecule has 1 atom stereocenters. The Morgan fingerprint density at radius 1 is 1.12 bits per heavy atom. The first-order chi connectivity index (χ1) is 12.4. The number of hydrogen-bond donors (Lipinski definition) is 1. The van der Waals surface area contributed by atoms with Crippen LogP contribution in [0.4, 0.5) is 20.2 Å². The maximum Gasteiger partial charge on any atom is 0.265 e. The Morgan fingerprint density at radius 3 is 2.27 bits per heavy atom. The van der Waals surface area contributed by atoms with Crippen LogP contribution in [0.3, 0.4) is 0 Å². The zero-order valence-electron chi connectivity index (χ0n) is 14.9.